The van der Waals surface area contributed by atoms with E-state index < -0.39 is 17.8 Å². The fourth-order valence-electron chi connectivity index (χ4n) is 2.15. The number of amides is 2. The van der Waals surface area contributed by atoms with Gasteiger partial charge in [0.2, 0.25) is 6.79 Å². The third kappa shape index (κ3) is 3.70. The maximum atomic E-state index is 12.5. The van der Waals surface area contributed by atoms with Crippen LogP contribution in [-0.2, 0) is 12.7 Å². The number of ether oxygens (including phenoxy) is 2. The monoisotopic (exact) mass is 338 g/mol. The smallest absolute Gasteiger partial charge is 0.416 e. The maximum Gasteiger partial charge on any atom is 0.416 e. The van der Waals surface area contributed by atoms with E-state index in [0.29, 0.717) is 11.5 Å². The highest BCUT2D eigenvalue weighted by atomic mass is 19.4. The van der Waals surface area contributed by atoms with E-state index in [4.69, 9.17) is 9.47 Å². The molecule has 2 aromatic rings. The Labute approximate surface area is 135 Å². The van der Waals surface area contributed by atoms with Crippen LogP contribution in [0.15, 0.2) is 42.5 Å². The molecule has 3 rings (SSSR count). The molecule has 0 radical (unpaired) electrons. The molecule has 0 spiro atoms. The first-order valence-electron chi connectivity index (χ1n) is 7.02. The summed E-state index contributed by atoms with van der Waals surface area (Å²) in [6.07, 6.45) is -4.40. The number of benzene rings is 2. The van der Waals surface area contributed by atoms with Crippen LogP contribution in [0.2, 0.25) is 0 Å². The highest BCUT2D eigenvalue weighted by molar-refractivity contribution is 5.89. The highest BCUT2D eigenvalue weighted by Crippen LogP contribution is 2.32. The van der Waals surface area contributed by atoms with E-state index in [1.807, 2.05) is 0 Å². The summed E-state index contributed by atoms with van der Waals surface area (Å²) in [4.78, 5) is 11.8. The van der Waals surface area contributed by atoms with E-state index in [2.05, 4.69) is 10.6 Å². The molecule has 2 aromatic carbocycles. The lowest BCUT2D eigenvalue weighted by molar-refractivity contribution is -0.137. The predicted octanol–water partition coefficient (Wildman–Crippen LogP) is 3.76. The van der Waals surface area contributed by atoms with Crippen molar-refractivity contribution in [2.24, 2.45) is 0 Å². The van der Waals surface area contributed by atoms with Crippen LogP contribution in [-0.4, -0.2) is 12.8 Å². The summed E-state index contributed by atoms with van der Waals surface area (Å²) in [6.45, 7) is 0.406. The van der Waals surface area contributed by atoms with Gasteiger partial charge in [-0.05, 0) is 42.0 Å². The predicted molar refractivity (Wildman–Crippen MR) is 79.9 cm³/mol. The summed E-state index contributed by atoms with van der Waals surface area (Å²) in [6, 6.07) is 8.97. The minimum atomic E-state index is -4.40. The second-order valence-electron chi connectivity index (χ2n) is 5.07. The van der Waals surface area contributed by atoms with Gasteiger partial charge in [0.05, 0.1) is 5.56 Å². The summed E-state index contributed by atoms with van der Waals surface area (Å²) in [7, 11) is 0. The van der Waals surface area contributed by atoms with Gasteiger partial charge in [-0.1, -0.05) is 6.07 Å². The van der Waals surface area contributed by atoms with Crippen LogP contribution in [0.5, 0.6) is 11.5 Å². The second kappa shape index (κ2) is 6.31. The van der Waals surface area contributed by atoms with Crippen molar-refractivity contribution < 1.29 is 27.4 Å². The number of alkyl halides is 3. The molecule has 2 N–H and O–H groups in total. The minimum absolute atomic E-state index is 0.167. The first-order chi connectivity index (χ1) is 11.4. The number of carbonyl (C=O) groups is 1. The number of nitrogens with one attached hydrogen (secondary N) is 2. The Kier molecular flexibility index (Phi) is 4.20. The van der Waals surface area contributed by atoms with Gasteiger partial charge in [0.15, 0.2) is 11.5 Å². The summed E-state index contributed by atoms with van der Waals surface area (Å²) in [5.74, 6) is 1.26. The van der Waals surface area contributed by atoms with Crippen molar-refractivity contribution in [2.75, 3.05) is 12.1 Å². The number of fused-ring (bicyclic) bond motifs is 1. The van der Waals surface area contributed by atoms with Gasteiger partial charge >= 0.3 is 12.2 Å². The van der Waals surface area contributed by atoms with Gasteiger partial charge in [-0.25, -0.2) is 4.79 Å². The van der Waals surface area contributed by atoms with Crippen molar-refractivity contribution >= 4 is 11.7 Å². The first-order valence-corrected chi connectivity index (χ1v) is 7.02. The average Bonchev–Trinajstić information content (AvgIpc) is 3.00. The number of rotatable bonds is 3. The van der Waals surface area contributed by atoms with Gasteiger partial charge in [-0.2, -0.15) is 13.2 Å². The lowest BCUT2D eigenvalue weighted by atomic mass is 10.2. The van der Waals surface area contributed by atoms with Gasteiger partial charge < -0.3 is 20.1 Å². The van der Waals surface area contributed by atoms with Crippen LogP contribution in [0.1, 0.15) is 11.1 Å². The van der Waals surface area contributed by atoms with Crippen LogP contribution >= 0.6 is 0 Å². The molecule has 0 unspecified atom stereocenters. The third-order valence-corrected chi connectivity index (χ3v) is 3.36. The van der Waals surface area contributed by atoms with Gasteiger partial charge in [-0.3, -0.25) is 0 Å². The largest absolute Gasteiger partial charge is 0.454 e. The SMILES string of the molecule is O=C(NCc1ccc2c(c1)OCO2)Nc1ccc(C(F)(F)F)cc1. The van der Waals surface area contributed by atoms with E-state index in [-0.39, 0.29) is 19.0 Å². The zero-order chi connectivity index (χ0) is 17.2. The number of carbonyl (C=O) groups excluding carboxylic acids is 1. The summed E-state index contributed by atoms with van der Waals surface area (Å²) >= 11 is 0. The van der Waals surface area contributed by atoms with E-state index in [9.17, 15) is 18.0 Å². The Morgan fingerprint density at radius 1 is 1.04 bits per heavy atom. The van der Waals surface area contributed by atoms with E-state index in [0.717, 1.165) is 17.7 Å². The Bertz CT molecular complexity index is 745. The van der Waals surface area contributed by atoms with Crippen molar-refractivity contribution in [2.45, 2.75) is 12.7 Å². The zero-order valence-corrected chi connectivity index (χ0v) is 12.3. The third-order valence-electron chi connectivity index (χ3n) is 3.36. The molecule has 0 aromatic heterocycles. The molecule has 1 aliphatic rings. The fraction of sp³-hybridized carbons (Fsp3) is 0.188. The number of halogens is 3. The zero-order valence-electron chi connectivity index (χ0n) is 12.3. The summed E-state index contributed by atoms with van der Waals surface area (Å²) in [5, 5.41) is 5.08. The van der Waals surface area contributed by atoms with Gasteiger partial charge in [0.1, 0.15) is 0 Å². The van der Waals surface area contributed by atoms with Crippen LogP contribution in [0.25, 0.3) is 0 Å². The standard InChI is InChI=1S/C16H13F3N2O3/c17-16(18,19)11-2-4-12(5-3-11)21-15(22)20-8-10-1-6-13-14(7-10)24-9-23-13/h1-7H,8-9H2,(H2,20,21,22). The van der Waals surface area contributed by atoms with Crippen molar-refractivity contribution in [3.05, 3.63) is 53.6 Å². The van der Waals surface area contributed by atoms with Crippen molar-refractivity contribution in [1.82, 2.24) is 5.32 Å². The lowest BCUT2D eigenvalue weighted by Crippen LogP contribution is -2.28. The molecular weight excluding hydrogens is 325 g/mol. The fourth-order valence-corrected chi connectivity index (χ4v) is 2.15. The molecule has 2 amide bonds. The van der Waals surface area contributed by atoms with Gasteiger partial charge in [-0.15, -0.1) is 0 Å². The van der Waals surface area contributed by atoms with Crippen LogP contribution in [0, 0.1) is 0 Å². The highest BCUT2D eigenvalue weighted by Gasteiger charge is 2.29. The van der Waals surface area contributed by atoms with Gasteiger partial charge in [0.25, 0.3) is 0 Å². The molecule has 0 saturated heterocycles. The molecule has 1 aliphatic heterocycles. The van der Waals surface area contributed by atoms with Crippen molar-refractivity contribution in [3.8, 4) is 11.5 Å². The van der Waals surface area contributed by atoms with Crippen molar-refractivity contribution in [1.29, 1.82) is 0 Å². The van der Waals surface area contributed by atoms with Gasteiger partial charge in [0, 0.05) is 12.2 Å². The van der Waals surface area contributed by atoms with E-state index in [1.54, 1.807) is 18.2 Å². The molecule has 0 atom stereocenters. The summed E-state index contributed by atoms with van der Waals surface area (Å²) < 4.78 is 47.8. The molecule has 0 fully saturated rings. The molecule has 1 heterocycles. The first kappa shape index (κ1) is 16.0. The van der Waals surface area contributed by atoms with E-state index >= 15 is 0 Å². The van der Waals surface area contributed by atoms with Crippen LogP contribution in [0.3, 0.4) is 0 Å². The summed E-state index contributed by atoms with van der Waals surface area (Å²) in [5.41, 5.74) is 0.307. The molecule has 0 saturated carbocycles. The molecular formula is C16H13F3N2O3. The molecule has 0 aliphatic carbocycles. The number of hydrogen-bond acceptors (Lipinski definition) is 3. The Morgan fingerprint density at radius 2 is 1.75 bits per heavy atom. The van der Waals surface area contributed by atoms with E-state index in [1.165, 1.54) is 12.1 Å². The molecule has 5 nitrogen and oxygen atoms in total. The molecule has 8 heteroatoms. The quantitative estimate of drug-likeness (QED) is 0.896. The van der Waals surface area contributed by atoms with Crippen LogP contribution in [0.4, 0.5) is 23.7 Å². The topological polar surface area (TPSA) is 59.6 Å². The average molecular weight is 338 g/mol. The Morgan fingerprint density at radius 3 is 2.46 bits per heavy atom. The lowest BCUT2D eigenvalue weighted by Gasteiger charge is -2.10. The second-order valence-corrected chi connectivity index (χ2v) is 5.07. The van der Waals surface area contributed by atoms with Crippen molar-refractivity contribution in [3.63, 3.8) is 0 Å². The number of anilines is 1. The molecule has 126 valence electrons. The Balaban J connectivity index is 1.54. The number of hydrogen-bond donors (Lipinski definition) is 2. The van der Waals surface area contributed by atoms with Crippen LogP contribution < -0.4 is 20.1 Å². The molecule has 0 bridgehead atoms. The number of urea groups is 1. The molecule has 24 heavy (non-hydrogen) atoms. The normalized spacial score (nSPS) is 12.8. The Hall–Kier alpha value is -2.90. The maximum absolute atomic E-state index is 12.5. The minimum Gasteiger partial charge on any atom is -0.454 e.